The number of hydrogen-bond donors (Lipinski definition) is 2. The number of pyridine rings is 1. The minimum atomic E-state index is -1.20. The molecule has 1 rings (SSSR count). The summed E-state index contributed by atoms with van der Waals surface area (Å²) in [5.41, 5.74) is 0.483. The molecule has 7 heteroatoms. The van der Waals surface area contributed by atoms with Gasteiger partial charge in [0.05, 0.1) is 19.4 Å². The van der Waals surface area contributed by atoms with E-state index in [1.54, 1.807) is 6.08 Å². The summed E-state index contributed by atoms with van der Waals surface area (Å²) in [6, 6.07) is 0.0923. The highest BCUT2D eigenvalue weighted by Gasteiger charge is 2.19. The molecule has 1 aromatic rings. The summed E-state index contributed by atoms with van der Waals surface area (Å²) in [5, 5.41) is 11.3. The molecule has 21 heavy (non-hydrogen) atoms. The van der Waals surface area contributed by atoms with E-state index in [1.165, 1.54) is 12.3 Å². The number of hydrogen-bond acceptors (Lipinski definition) is 4. The summed E-state index contributed by atoms with van der Waals surface area (Å²) in [6.45, 7) is 3.27. The van der Waals surface area contributed by atoms with Crippen LogP contribution in [-0.2, 0) is 20.9 Å². The first-order valence-corrected chi connectivity index (χ1v) is 6.33. The van der Waals surface area contributed by atoms with Crippen LogP contribution in [0.3, 0.4) is 0 Å². The van der Waals surface area contributed by atoms with Crippen LogP contribution in [0.1, 0.15) is 18.4 Å². The number of amides is 1. The van der Waals surface area contributed by atoms with Crippen molar-refractivity contribution in [3.05, 3.63) is 42.5 Å². The van der Waals surface area contributed by atoms with E-state index in [-0.39, 0.29) is 19.6 Å². The molecule has 0 saturated carbocycles. The van der Waals surface area contributed by atoms with Crippen molar-refractivity contribution in [2.24, 2.45) is 0 Å². The van der Waals surface area contributed by atoms with E-state index in [9.17, 15) is 14.0 Å². The lowest BCUT2D eigenvalue weighted by molar-refractivity contribution is -0.143. The Morgan fingerprint density at radius 2 is 2.29 bits per heavy atom. The average molecular weight is 296 g/mol. The van der Waals surface area contributed by atoms with Gasteiger partial charge in [0.2, 0.25) is 5.91 Å². The average Bonchev–Trinajstić information content (AvgIpc) is 2.44. The number of aliphatic carboxylic acids is 1. The Bertz CT molecular complexity index is 508. The van der Waals surface area contributed by atoms with Gasteiger partial charge in [-0.1, -0.05) is 6.08 Å². The lowest BCUT2D eigenvalue weighted by Gasteiger charge is -2.14. The number of ether oxygens (including phenoxy) is 1. The fraction of sp³-hybridized carbons (Fsp3) is 0.357. The summed E-state index contributed by atoms with van der Waals surface area (Å²) in [4.78, 5) is 26.1. The van der Waals surface area contributed by atoms with Crippen LogP contribution in [0.25, 0.3) is 0 Å². The molecule has 1 atom stereocenters. The fourth-order valence-corrected chi connectivity index (χ4v) is 1.50. The lowest BCUT2D eigenvalue weighted by atomic mass is 10.2. The van der Waals surface area contributed by atoms with E-state index < -0.39 is 23.7 Å². The number of carbonyl (C=O) groups excluding carboxylic acids is 1. The Balaban J connectivity index is 2.42. The van der Waals surface area contributed by atoms with Crippen LogP contribution in [-0.4, -0.2) is 34.6 Å². The van der Waals surface area contributed by atoms with Gasteiger partial charge in [-0.3, -0.25) is 9.78 Å². The molecule has 0 spiro atoms. The minimum absolute atomic E-state index is 0.0110. The molecular formula is C14H17FN2O4. The first kappa shape index (κ1) is 16.8. The molecule has 1 aromatic heterocycles. The number of carboxylic acid groups (broad SMARTS) is 1. The number of nitrogens with one attached hydrogen (secondary N) is 1. The molecule has 1 amide bonds. The zero-order valence-electron chi connectivity index (χ0n) is 11.4. The highest BCUT2D eigenvalue weighted by atomic mass is 19.1. The minimum Gasteiger partial charge on any atom is -0.480 e. The van der Waals surface area contributed by atoms with Gasteiger partial charge in [-0.05, 0) is 18.1 Å². The Morgan fingerprint density at radius 3 is 2.90 bits per heavy atom. The van der Waals surface area contributed by atoms with Gasteiger partial charge in [-0.25, -0.2) is 9.18 Å². The van der Waals surface area contributed by atoms with Crippen molar-refractivity contribution in [3.63, 3.8) is 0 Å². The van der Waals surface area contributed by atoms with E-state index in [0.29, 0.717) is 12.0 Å². The number of nitrogens with zero attached hydrogens (tertiary/aromatic N) is 1. The van der Waals surface area contributed by atoms with E-state index in [2.05, 4.69) is 16.9 Å². The summed E-state index contributed by atoms with van der Waals surface area (Å²) in [7, 11) is 0. The van der Waals surface area contributed by atoms with Gasteiger partial charge in [-0.2, -0.15) is 0 Å². The predicted octanol–water partition coefficient (Wildman–Crippen LogP) is 1.27. The molecule has 2 N–H and O–H groups in total. The lowest BCUT2D eigenvalue weighted by Crippen LogP contribution is -2.43. The molecule has 0 aromatic carbocycles. The first-order chi connectivity index (χ1) is 10.0. The second kappa shape index (κ2) is 8.80. The summed E-state index contributed by atoms with van der Waals surface area (Å²) < 4.78 is 18.1. The molecule has 0 aliphatic rings. The molecular weight excluding hydrogens is 279 g/mol. The van der Waals surface area contributed by atoms with Gasteiger partial charge in [0.25, 0.3) is 0 Å². The largest absolute Gasteiger partial charge is 0.480 e. The van der Waals surface area contributed by atoms with Gasteiger partial charge in [0.15, 0.2) is 6.04 Å². The highest BCUT2D eigenvalue weighted by molar-refractivity contribution is 5.83. The molecule has 114 valence electrons. The predicted molar refractivity (Wildman–Crippen MR) is 72.8 cm³/mol. The molecule has 0 bridgehead atoms. The van der Waals surface area contributed by atoms with Gasteiger partial charge < -0.3 is 15.2 Å². The van der Waals surface area contributed by atoms with Crippen molar-refractivity contribution in [1.82, 2.24) is 10.3 Å². The van der Waals surface area contributed by atoms with Crippen molar-refractivity contribution in [2.45, 2.75) is 25.5 Å². The SMILES string of the molecule is C=CCCC(=O)NC(COCc1cncc(F)c1)C(=O)O. The number of carbonyl (C=O) groups is 2. The van der Waals surface area contributed by atoms with Gasteiger partial charge in [0.1, 0.15) is 5.82 Å². The Labute approximate surface area is 121 Å². The molecule has 6 nitrogen and oxygen atoms in total. The maximum Gasteiger partial charge on any atom is 0.328 e. The van der Waals surface area contributed by atoms with Crippen LogP contribution in [0.15, 0.2) is 31.1 Å². The molecule has 0 radical (unpaired) electrons. The number of carboxylic acids is 1. The van der Waals surface area contributed by atoms with Crippen molar-refractivity contribution in [3.8, 4) is 0 Å². The maximum atomic E-state index is 12.9. The third kappa shape index (κ3) is 6.62. The molecule has 0 fully saturated rings. The molecule has 0 saturated heterocycles. The highest BCUT2D eigenvalue weighted by Crippen LogP contribution is 2.03. The second-order valence-corrected chi connectivity index (χ2v) is 4.31. The second-order valence-electron chi connectivity index (χ2n) is 4.31. The Morgan fingerprint density at radius 1 is 1.52 bits per heavy atom. The van der Waals surface area contributed by atoms with E-state index in [4.69, 9.17) is 9.84 Å². The quantitative estimate of drug-likeness (QED) is 0.670. The van der Waals surface area contributed by atoms with Crippen LogP contribution in [0.4, 0.5) is 4.39 Å². The monoisotopic (exact) mass is 296 g/mol. The Hall–Kier alpha value is -2.28. The number of aromatic nitrogens is 1. The normalized spacial score (nSPS) is 11.7. The first-order valence-electron chi connectivity index (χ1n) is 6.33. The van der Waals surface area contributed by atoms with E-state index in [1.807, 2.05) is 0 Å². The van der Waals surface area contributed by atoms with Crippen LogP contribution in [0.2, 0.25) is 0 Å². The van der Waals surface area contributed by atoms with Crippen LogP contribution < -0.4 is 5.32 Å². The van der Waals surface area contributed by atoms with Gasteiger partial charge in [0, 0.05) is 12.6 Å². The van der Waals surface area contributed by atoms with Crippen LogP contribution >= 0.6 is 0 Å². The van der Waals surface area contributed by atoms with Gasteiger partial charge in [-0.15, -0.1) is 6.58 Å². The number of allylic oxidation sites excluding steroid dienone is 1. The molecule has 1 heterocycles. The molecule has 1 unspecified atom stereocenters. The molecule has 0 aliphatic heterocycles. The third-order valence-electron chi connectivity index (χ3n) is 2.52. The topological polar surface area (TPSA) is 88.5 Å². The zero-order valence-corrected chi connectivity index (χ0v) is 11.4. The summed E-state index contributed by atoms with van der Waals surface area (Å²) in [6.07, 6.45) is 4.68. The van der Waals surface area contributed by atoms with E-state index >= 15 is 0 Å². The summed E-state index contributed by atoms with van der Waals surface area (Å²) in [5.74, 6) is -2.08. The van der Waals surface area contributed by atoms with Crippen molar-refractivity contribution < 1.29 is 23.8 Å². The summed E-state index contributed by atoms with van der Waals surface area (Å²) >= 11 is 0. The zero-order chi connectivity index (χ0) is 15.7. The van der Waals surface area contributed by atoms with Crippen molar-refractivity contribution in [2.75, 3.05) is 6.61 Å². The standard InChI is InChI=1S/C14H17FN2O4/c1-2-3-4-13(18)17-12(14(19)20)9-21-8-10-5-11(15)7-16-6-10/h2,5-7,12H,1,3-4,8-9H2,(H,17,18)(H,19,20). The van der Waals surface area contributed by atoms with Crippen molar-refractivity contribution >= 4 is 11.9 Å². The van der Waals surface area contributed by atoms with E-state index in [0.717, 1.165) is 6.20 Å². The van der Waals surface area contributed by atoms with Crippen LogP contribution in [0.5, 0.6) is 0 Å². The van der Waals surface area contributed by atoms with Crippen molar-refractivity contribution in [1.29, 1.82) is 0 Å². The maximum absolute atomic E-state index is 12.9. The molecule has 0 aliphatic carbocycles. The number of rotatable bonds is 9. The smallest absolute Gasteiger partial charge is 0.328 e. The third-order valence-corrected chi connectivity index (χ3v) is 2.52. The number of halogens is 1. The van der Waals surface area contributed by atoms with Crippen LogP contribution in [0, 0.1) is 5.82 Å². The fourth-order valence-electron chi connectivity index (χ4n) is 1.50. The van der Waals surface area contributed by atoms with Gasteiger partial charge >= 0.3 is 5.97 Å². The Kier molecular flexibility index (Phi) is 7.03.